The molecular formula is C21H18N4O2S. The van der Waals surface area contributed by atoms with Crippen molar-refractivity contribution >= 4 is 34.7 Å². The second kappa shape index (κ2) is 7.13. The molecule has 2 aromatic rings. The first-order valence-electron chi connectivity index (χ1n) is 8.87. The maximum absolute atomic E-state index is 12.5. The lowest BCUT2D eigenvalue weighted by Crippen LogP contribution is -2.34. The summed E-state index contributed by atoms with van der Waals surface area (Å²) < 4.78 is 0. The molecule has 7 heteroatoms. The summed E-state index contributed by atoms with van der Waals surface area (Å²) in [6.45, 7) is 2.17. The molecule has 2 heterocycles. The summed E-state index contributed by atoms with van der Waals surface area (Å²) in [5, 5.41) is 16.9. The molecule has 1 N–H and O–H groups in total. The number of nitroso groups, excluding NO2 is 1. The van der Waals surface area contributed by atoms with Gasteiger partial charge in [-0.2, -0.15) is 5.26 Å². The molecule has 1 amide bonds. The molecule has 140 valence electrons. The summed E-state index contributed by atoms with van der Waals surface area (Å²) in [6, 6.07) is 11.6. The van der Waals surface area contributed by atoms with E-state index < -0.39 is 0 Å². The maximum atomic E-state index is 12.5. The smallest absolute Gasteiger partial charge is 0.238 e. The Balaban J connectivity index is 1.89. The molecular weight excluding hydrogens is 372 g/mol. The third-order valence-corrected chi connectivity index (χ3v) is 6.34. The minimum atomic E-state index is -0.228. The van der Waals surface area contributed by atoms with Crippen molar-refractivity contribution in [1.29, 1.82) is 5.26 Å². The summed E-state index contributed by atoms with van der Waals surface area (Å²) in [7, 11) is 1.85. The van der Waals surface area contributed by atoms with Crippen LogP contribution in [0.25, 0.3) is 11.1 Å². The Morgan fingerprint density at radius 3 is 2.75 bits per heavy atom. The van der Waals surface area contributed by atoms with Gasteiger partial charge in [0.25, 0.3) is 0 Å². The van der Waals surface area contributed by atoms with Gasteiger partial charge in [-0.25, -0.2) is 0 Å². The Kier molecular flexibility index (Phi) is 4.65. The molecule has 4 rings (SSSR count). The average molecular weight is 390 g/mol. The van der Waals surface area contributed by atoms with E-state index in [9.17, 15) is 9.70 Å². The number of benzene rings is 2. The second-order valence-corrected chi connectivity index (χ2v) is 7.98. The summed E-state index contributed by atoms with van der Waals surface area (Å²) >= 11 is 1.49. The van der Waals surface area contributed by atoms with Gasteiger partial charge in [0.15, 0.2) is 0 Å². The van der Waals surface area contributed by atoms with Crippen molar-refractivity contribution in [2.45, 2.75) is 18.1 Å². The monoisotopic (exact) mass is 390 g/mol. The van der Waals surface area contributed by atoms with E-state index in [0.717, 1.165) is 33.6 Å². The van der Waals surface area contributed by atoms with E-state index in [1.165, 1.54) is 11.8 Å². The molecule has 0 saturated heterocycles. The summed E-state index contributed by atoms with van der Waals surface area (Å²) in [5.74, 6) is -0.105. The number of rotatable bonds is 4. The first-order valence-corrected chi connectivity index (χ1v) is 9.81. The lowest BCUT2D eigenvalue weighted by Gasteiger charge is -2.31. The van der Waals surface area contributed by atoms with Crippen LogP contribution in [-0.4, -0.2) is 24.7 Å². The standard InChI is InChI=1S/C21H18N4O2S/c1-12-11-16(24-27)17(13-3-5-14(6-4-13)25(2)9-8-22)18-15-7-10-28-20(15)21(26)23-19(12)18/h3-7,10-11,15,20H,9H2,1-2H3,(H,23,26). The van der Waals surface area contributed by atoms with Gasteiger partial charge in [-0.15, -0.1) is 16.7 Å². The number of hydrogen-bond donors (Lipinski definition) is 1. The fraction of sp³-hybridized carbons (Fsp3) is 0.238. The van der Waals surface area contributed by atoms with E-state index >= 15 is 0 Å². The van der Waals surface area contributed by atoms with Crippen LogP contribution in [0.2, 0.25) is 0 Å². The predicted molar refractivity (Wildman–Crippen MR) is 113 cm³/mol. The number of allylic oxidation sites excluding steroid dienone is 1. The highest BCUT2D eigenvalue weighted by atomic mass is 32.2. The number of nitriles is 1. The molecule has 2 unspecified atom stereocenters. The van der Waals surface area contributed by atoms with Gasteiger partial charge >= 0.3 is 0 Å². The number of anilines is 2. The Labute approximate surface area is 167 Å². The lowest BCUT2D eigenvalue weighted by atomic mass is 9.82. The fourth-order valence-corrected chi connectivity index (χ4v) is 4.85. The first-order chi connectivity index (χ1) is 13.5. The van der Waals surface area contributed by atoms with E-state index in [4.69, 9.17) is 5.26 Å². The van der Waals surface area contributed by atoms with Crippen molar-refractivity contribution in [2.75, 3.05) is 23.8 Å². The third kappa shape index (κ3) is 2.86. The number of aryl methyl sites for hydroxylation is 1. The number of hydrogen-bond acceptors (Lipinski definition) is 6. The van der Waals surface area contributed by atoms with Gasteiger partial charge < -0.3 is 10.2 Å². The van der Waals surface area contributed by atoms with Gasteiger partial charge in [0.05, 0.1) is 11.3 Å². The highest BCUT2D eigenvalue weighted by Crippen LogP contribution is 2.51. The number of nitrogens with one attached hydrogen (secondary N) is 1. The van der Waals surface area contributed by atoms with Crippen LogP contribution in [-0.2, 0) is 4.79 Å². The van der Waals surface area contributed by atoms with Crippen molar-refractivity contribution in [1.82, 2.24) is 0 Å². The lowest BCUT2D eigenvalue weighted by molar-refractivity contribution is -0.116. The average Bonchev–Trinajstić information content (AvgIpc) is 3.19. The van der Waals surface area contributed by atoms with Crippen molar-refractivity contribution in [3.63, 3.8) is 0 Å². The zero-order valence-corrected chi connectivity index (χ0v) is 16.3. The number of carbonyl (C=O) groups excluding carboxylic acids is 1. The van der Waals surface area contributed by atoms with E-state index in [2.05, 4.69) is 16.6 Å². The van der Waals surface area contributed by atoms with Crippen molar-refractivity contribution in [3.8, 4) is 17.2 Å². The van der Waals surface area contributed by atoms with Gasteiger partial charge in [-0.05, 0) is 52.4 Å². The minimum absolute atomic E-state index is 0.0122. The molecule has 28 heavy (non-hydrogen) atoms. The Hall–Kier alpha value is -3.11. The van der Waals surface area contributed by atoms with Crippen LogP contribution in [0.4, 0.5) is 17.1 Å². The van der Waals surface area contributed by atoms with E-state index in [0.29, 0.717) is 5.69 Å². The maximum Gasteiger partial charge on any atom is 0.238 e. The largest absolute Gasteiger partial charge is 0.361 e. The highest BCUT2D eigenvalue weighted by Gasteiger charge is 2.40. The minimum Gasteiger partial charge on any atom is -0.361 e. The molecule has 0 aliphatic carbocycles. The molecule has 0 spiro atoms. The van der Waals surface area contributed by atoms with Gasteiger partial charge in [0.1, 0.15) is 12.2 Å². The van der Waals surface area contributed by atoms with E-state index in [-0.39, 0.29) is 23.6 Å². The zero-order chi connectivity index (χ0) is 19.8. The molecule has 0 radical (unpaired) electrons. The van der Waals surface area contributed by atoms with Crippen LogP contribution in [0.3, 0.4) is 0 Å². The van der Waals surface area contributed by atoms with Crippen molar-refractivity contribution in [2.24, 2.45) is 5.18 Å². The quantitative estimate of drug-likeness (QED) is 0.605. The van der Waals surface area contributed by atoms with Crippen LogP contribution < -0.4 is 10.2 Å². The zero-order valence-electron chi connectivity index (χ0n) is 15.5. The fourth-order valence-electron chi connectivity index (χ4n) is 3.85. The Bertz CT molecular complexity index is 1040. The number of nitrogens with zero attached hydrogens (tertiary/aromatic N) is 3. The van der Waals surface area contributed by atoms with Crippen molar-refractivity contribution in [3.05, 3.63) is 57.8 Å². The Morgan fingerprint density at radius 1 is 1.32 bits per heavy atom. The molecule has 2 aliphatic heterocycles. The van der Waals surface area contributed by atoms with Crippen LogP contribution in [0.1, 0.15) is 17.0 Å². The predicted octanol–water partition coefficient (Wildman–Crippen LogP) is 4.68. The second-order valence-electron chi connectivity index (χ2n) is 6.93. The highest BCUT2D eigenvalue weighted by molar-refractivity contribution is 8.03. The van der Waals surface area contributed by atoms with E-state index in [1.807, 2.05) is 54.6 Å². The van der Waals surface area contributed by atoms with Crippen LogP contribution in [0, 0.1) is 23.2 Å². The third-order valence-electron chi connectivity index (χ3n) is 5.22. The molecule has 2 atom stereocenters. The SMILES string of the molecule is Cc1cc(N=O)c(-c2ccc(N(C)CC#N)cc2)c2c1NC(=O)C1SC=CC21. The number of fused-ring (bicyclic) bond motifs is 3. The molecule has 0 bridgehead atoms. The summed E-state index contributed by atoms with van der Waals surface area (Å²) in [6.07, 6.45) is 2.03. The number of carbonyl (C=O) groups is 1. The van der Waals surface area contributed by atoms with Crippen LogP contribution in [0.5, 0.6) is 0 Å². The Morgan fingerprint density at radius 2 is 2.07 bits per heavy atom. The van der Waals surface area contributed by atoms with Crippen molar-refractivity contribution < 1.29 is 4.79 Å². The van der Waals surface area contributed by atoms with Crippen LogP contribution >= 0.6 is 11.8 Å². The summed E-state index contributed by atoms with van der Waals surface area (Å²) in [5.41, 5.74) is 5.44. The van der Waals surface area contributed by atoms with Gasteiger partial charge in [0, 0.05) is 29.9 Å². The molecule has 0 aromatic heterocycles. The van der Waals surface area contributed by atoms with Gasteiger partial charge in [-0.3, -0.25) is 4.79 Å². The molecule has 2 aliphatic rings. The molecule has 0 fully saturated rings. The molecule has 0 saturated carbocycles. The van der Waals surface area contributed by atoms with Gasteiger partial charge in [-0.1, -0.05) is 18.2 Å². The van der Waals surface area contributed by atoms with Gasteiger partial charge in [0.2, 0.25) is 5.91 Å². The first kappa shape index (κ1) is 18.3. The van der Waals surface area contributed by atoms with E-state index in [1.54, 1.807) is 6.07 Å². The topological polar surface area (TPSA) is 85.6 Å². The summed E-state index contributed by atoms with van der Waals surface area (Å²) in [4.78, 5) is 26.0. The molecule has 2 aromatic carbocycles. The number of thioether (sulfide) groups is 1. The van der Waals surface area contributed by atoms with Crippen LogP contribution in [0.15, 0.2) is 47.0 Å². The molecule has 6 nitrogen and oxygen atoms in total. The normalized spacial score (nSPS) is 19.4. The number of amides is 1.